The minimum absolute atomic E-state index is 0.0843. The maximum atomic E-state index is 12.7. The van der Waals surface area contributed by atoms with Gasteiger partial charge in [-0.25, -0.2) is 4.79 Å². The molecule has 25 heavy (non-hydrogen) atoms. The Morgan fingerprint density at radius 3 is 2.64 bits per heavy atom. The van der Waals surface area contributed by atoms with E-state index in [1.807, 2.05) is 20.0 Å². The van der Waals surface area contributed by atoms with Crippen LogP contribution < -0.4 is 5.32 Å². The van der Waals surface area contributed by atoms with Gasteiger partial charge in [0.15, 0.2) is 0 Å². The van der Waals surface area contributed by atoms with Crippen molar-refractivity contribution < 1.29 is 18.0 Å². The molecule has 2 amide bonds. The number of carbonyl (C=O) groups excluding carboxylic acids is 1. The second-order valence-electron chi connectivity index (χ2n) is 6.14. The van der Waals surface area contributed by atoms with Crippen LogP contribution in [0.15, 0.2) is 36.7 Å². The van der Waals surface area contributed by atoms with Crippen molar-refractivity contribution in [3.05, 3.63) is 53.3 Å². The summed E-state index contributed by atoms with van der Waals surface area (Å²) in [5.74, 6) is 0. The molecule has 0 bridgehead atoms. The summed E-state index contributed by atoms with van der Waals surface area (Å²) < 4.78 is 40.0. The zero-order valence-corrected chi connectivity index (χ0v) is 14.3. The molecule has 0 aliphatic heterocycles. The average molecular weight is 354 g/mol. The number of alkyl halides is 3. The molecule has 0 radical (unpaired) electrons. The van der Waals surface area contributed by atoms with Crippen LogP contribution in [0.3, 0.4) is 0 Å². The van der Waals surface area contributed by atoms with E-state index in [1.54, 1.807) is 16.9 Å². The first-order valence-electron chi connectivity index (χ1n) is 7.85. The molecule has 1 heterocycles. The third kappa shape index (κ3) is 5.23. The summed E-state index contributed by atoms with van der Waals surface area (Å²) in [7, 11) is 1.53. The average Bonchev–Trinajstić information content (AvgIpc) is 3.01. The predicted octanol–water partition coefficient (Wildman–Crippen LogP) is 3.82. The van der Waals surface area contributed by atoms with E-state index in [4.69, 9.17) is 0 Å². The van der Waals surface area contributed by atoms with Gasteiger partial charge in [0.05, 0.1) is 11.8 Å². The molecule has 0 saturated heterocycles. The first kappa shape index (κ1) is 18.8. The van der Waals surface area contributed by atoms with Crippen molar-refractivity contribution in [1.29, 1.82) is 0 Å². The van der Waals surface area contributed by atoms with Gasteiger partial charge in [-0.05, 0) is 31.5 Å². The molecule has 5 nitrogen and oxygen atoms in total. The van der Waals surface area contributed by atoms with E-state index in [-0.39, 0.29) is 18.6 Å². The summed E-state index contributed by atoms with van der Waals surface area (Å²) in [6.07, 6.45) is -0.877. The largest absolute Gasteiger partial charge is 0.416 e. The highest BCUT2D eigenvalue weighted by Crippen LogP contribution is 2.29. The van der Waals surface area contributed by atoms with Crippen LogP contribution in [-0.2, 0) is 19.3 Å². The Bertz CT molecular complexity index is 725. The van der Waals surface area contributed by atoms with Gasteiger partial charge in [-0.3, -0.25) is 4.68 Å². The number of amides is 2. The predicted molar refractivity (Wildman–Crippen MR) is 87.8 cm³/mol. The summed E-state index contributed by atoms with van der Waals surface area (Å²) in [6.45, 7) is 4.38. The number of hydrogen-bond donors (Lipinski definition) is 1. The molecule has 8 heteroatoms. The van der Waals surface area contributed by atoms with Crippen LogP contribution in [0.2, 0.25) is 0 Å². The van der Waals surface area contributed by atoms with Crippen molar-refractivity contribution in [3.63, 3.8) is 0 Å². The van der Waals surface area contributed by atoms with E-state index >= 15 is 0 Å². The molecule has 2 rings (SSSR count). The number of nitrogens with zero attached hydrogens (tertiary/aromatic N) is 3. The van der Waals surface area contributed by atoms with Gasteiger partial charge in [-0.15, -0.1) is 0 Å². The fraction of sp³-hybridized carbons (Fsp3) is 0.412. The standard InChI is InChI=1S/C17H21F3N4O/c1-12(2)24-11-14(9-22-24)8-21-16(25)23(3)10-13-5-4-6-15(7-13)17(18,19)20/h4-7,9,11-12H,8,10H2,1-3H3,(H,21,25). The van der Waals surface area contributed by atoms with Crippen molar-refractivity contribution in [2.75, 3.05) is 7.05 Å². The van der Waals surface area contributed by atoms with Crippen LogP contribution in [0.5, 0.6) is 0 Å². The van der Waals surface area contributed by atoms with Gasteiger partial charge in [0.1, 0.15) is 0 Å². The van der Waals surface area contributed by atoms with Gasteiger partial charge in [0.25, 0.3) is 0 Å². The highest BCUT2D eigenvalue weighted by Gasteiger charge is 2.30. The van der Waals surface area contributed by atoms with E-state index < -0.39 is 11.7 Å². The second-order valence-corrected chi connectivity index (χ2v) is 6.14. The van der Waals surface area contributed by atoms with Gasteiger partial charge >= 0.3 is 12.2 Å². The van der Waals surface area contributed by atoms with Crippen molar-refractivity contribution in [2.24, 2.45) is 0 Å². The highest BCUT2D eigenvalue weighted by atomic mass is 19.4. The Balaban J connectivity index is 1.91. The lowest BCUT2D eigenvalue weighted by Crippen LogP contribution is -2.36. The second kappa shape index (κ2) is 7.58. The molecule has 1 aromatic carbocycles. The molecule has 0 aliphatic rings. The Hall–Kier alpha value is -2.51. The van der Waals surface area contributed by atoms with Crippen molar-refractivity contribution in [2.45, 2.75) is 39.2 Å². The van der Waals surface area contributed by atoms with Crippen molar-refractivity contribution in [3.8, 4) is 0 Å². The fourth-order valence-corrected chi connectivity index (χ4v) is 2.26. The molecule has 0 spiro atoms. The maximum absolute atomic E-state index is 12.7. The maximum Gasteiger partial charge on any atom is 0.416 e. The van der Waals surface area contributed by atoms with Crippen LogP contribution in [0, 0.1) is 0 Å². The number of rotatable bonds is 5. The molecule has 136 valence electrons. The topological polar surface area (TPSA) is 50.2 Å². The first-order valence-corrected chi connectivity index (χ1v) is 7.85. The van der Waals surface area contributed by atoms with Gasteiger partial charge in [0.2, 0.25) is 0 Å². The zero-order chi connectivity index (χ0) is 18.6. The van der Waals surface area contributed by atoms with Gasteiger partial charge in [0, 0.05) is 37.9 Å². The molecule has 0 saturated carbocycles. The number of benzene rings is 1. The SMILES string of the molecule is CC(C)n1cc(CNC(=O)N(C)Cc2cccc(C(F)(F)F)c2)cn1. The van der Waals surface area contributed by atoms with Crippen LogP contribution in [0.4, 0.5) is 18.0 Å². The Labute approximate surface area is 144 Å². The van der Waals surface area contributed by atoms with Crippen molar-refractivity contribution in [1.82, 2.24) is 20.0 Å². The number of carbonyl (C=O) groups is 1. The first-order chi connectivity index (χ1) is 11.7. The van der Waals surface area contributed by atoms with Crippen LogP contribution in [-0.4, -0.2) is 27.8 Å². The van der Waals surface area contributed by atoms with E-state index in [1.165, 1.54) is 18.0 Å². The number of aromatic nitrogens is 2. The Morgan fingerprint density at radius 1 is 1.32 bits per heavy atom. The molecule has 0 unspecified atom stereocenters. The van der Waals surface area contributed by atoms with Crippen molar-refractivity contribution >= 4 is 6.03 Å². The summed E-state index contributed by atoms with van der Waals surface area (Å²) in [5, 5.41) is 6.91. The Kier molecular flexibility index (Phi) is 5.71. The lowest BCUT2D eigenvalue weighted by Gasteiger charge is -2.18. The molecule has 1 N–H and O–H groups in total. The molecule has 0 fully saturated rings. The van der Waals surface area contributed by atoms with Crippen LogP contribution in [0.25, 0.3) is 0 Å². The van der Waals surface area contributed by atoms with Crippen LogP contribution in [0.1, 0.15) is 36.6 Å². The van der Waals surface area contributed by atoms with Gasteiger partial charge in [-0.1, -0.05) is 12.1 Å². The minimum Gasteiger partial charge on any atom is -0.334 e. The smallest absolute Gasteiger partial charge is 0.334 e. The highest BCUT2D eigenvalue weighted by molar-refractivity contribution is 5.73. The number of urea groups is 1. The molecule has 2 aromatic rings. The molecular formula is C17H21F3N4O. The lowest BCUT2D eigenvalue weighted by molar-refractivity contribution is -0.137. The monoisotopic (exact) mass is 354 g/mol. The fourth-order valence-electron chi connectivity index (χ4n) is 2.26. The van der Waals surface area contributed by atoms with Crippen LogP contribution >= 0.6 is 0 Å². The van der Waals surface area contributed by atoms with E-state index in [2.05, 4.69) is 10.4 Å². The minimum atomic E-state index is -4.40. The summed E-state index contributed by atoms with van der Waals surface area (Å²) >= 11 is 0. The summed E-state index contributed by atoms with van der Waals surface area (Å²) in [4.78, 5) is 13.4. The third-order valence-electron chi connectivity index (χ3n) is 3.65. The number of hydrogen-bond acceptors (Lipinski definition) is 2. The zero-order valence-electron chi connectivity index (χ0n) is 14.3. The normalized spacial score (nSPS) is 11.6. The molecular weight excluding hydrogens is 333 g/mol. The quantitative estimate of drug-likeness (QED) is 0.887. The Morgan fingerprint density at radius 2 is 2.04 bits per heavy atom. The third-order valence-corrected chi connectivity index (χ3v) is 3.65. The van der Waals surface area contributed by atoms with Gasteiger partial charge in [-0.2, -0.15) is 18.3 Å². The number of halogens is 3. The van der Waals surface area contributed by atoms with E-state index in [9.17, 15) is 18.0 Å². The molecule has 0 atom stereocenters. The lowest BCUT2D eigenvalue weighted by atomic mass is 10.1. The van der Waals surface area contributed by atoms with Gasteiger partial charge < -0.3 is 10.2 Å². The van der Waals surface area contributed by atoms with E-state index in [0.29, 0.717) is 12.1 Å². The molecule has 1 aromatic heterocycles. The summed E-state index contributed by atoms with van der Waals surface area (Å²) in [6, 6.07) is 4.82. The molecule has 0 aliphatic carbocycles. The van der Waals surface area contributed by atoms with E-state index in [0.717, 1.165) is 17.7 Å². The number of nitrogens with one attached hydrogen (secondary N) is 1. The summed E-state index contributed by atoms with van der Waals surface area (Å²) in [5.41, 5.74) is 0.550.